The monoisotopic (exact) mass is 295 g/mol. The molecule has 5 nitrogen and oxygen atoms in total. The quantitative estimate of drug-likeness (QED) is 0.803. The zero-order chi connectivity index (χ0) is 13.4. The van der Waals surface area contributed by atoms with Crippen molar-refractivity contribution < 1.29 is 14.6 Å². The summed E-state index contributed by atoms with van der Waals surface area (Å²) >= 11 is 3.01. The number of benzene rings is 1. The lowest BCUT2D eigenvalue weighted by Gasteiger charge is -1.96. The summed E-state index contributed by atoms with van der Waals surface area (Å²) in [6.07, 6.45) is 0. The largest absolute Gasteiger partial charge is 0.563 e. The lowest BCUT2D eigenvalue weighted by molar-refractivity contribution is -0.137. The number of methoxy groups -OCH3 is 1. The molecule has 19 heavy (non-hydrogen) atoms. The van der Waals surface area contributed by atoms with Gasteiger partial charge in [0, 0.05) is 10.5 Å². The molecule has 1 aliphatic heterocycles. The summed E-state index contributed by atoms with van der Waals surface area (Å²) in [7, 11) is 1.63. The average Bonchev–Trinajstić information content (AvgIpc) is 3.04. The van der Waals surface area contributed by atoms with Crippen molar-refractivity contribution in [2.75, 3.05) is 12.9 Å². The fraction of sp³-hybridized carbons (Fsp3) is 0.250. The highest BCUT2D eigenvalue weighted by atomic mass is 32.2. The highest BCUT2D eigenvalue weighted by molar-refractivity contribution is 8.15. The first-order valence-electron chi connectivity index (χ1n) is 5.58. The van der Waals surface area contributed by atoms with E-state index in [1.807, 2.05) is 18.2 Å². The van der Waals surface area contributed by atoms with Gasteiger partial charge in [-0.3, -0.25) is 4.99 Å². The van der Waals surface area contributed by atoms with E-state index in [0.717, 1.165) is 26.0 Å². The molecule has 2 N–H and O–H groups in total. The van der Waals surface area contributed by atoms with Gasteiger partial charge in [-0.05, 0) is 18.2 Å². The Labute approximate surface area is 117 Å². The first kappa shape index (κ1) is 12.4. The molecule has 98 valence electrons. The molecule has 0 aliphatic carbocycles. The Bertz CT molecular complexity index is 681. The number of hydrogen-bond acceptors (Lipinski definition) is 6. The van der Waals surface area contributed by atoms with Crippen molar-refractivity contribution in [2.45, 2.75) is 6.04 Å². The fourth-order valence-corrected chi connectivity index (χ4v) is 3.85. The topological polar surface area (TPSA) is 74.5 Å². The van der Waals surface area contributed by atoms with E-state index in [2.05, 4.69) is 9.98 Å². The third kappa shape index (κ3) is 2.31. The second-order valence-corrected chi connectivity index (χ2v) is 6.02. The van der Waals surface area contributed by atoms with Crippen molar-refractivity contribution >= 4 is 44.3 Å². The van der Waals surface area contributed by atoms with Crippen LogP contribution in [0.2, 0.25) is 0 Å². The highest BCUT2D eigenvalue weighted by Gasteiger charge is 2.31. The van der Waals surface area contributed by atoms with Crippen LogP contribution in [0.15, 0.2) is 23.2 Å². The molecule has 0 spiro atoms. The van der Waals surface area contributed by atoms with Gasteiger partial charge in [0.1, 0.15) is 15.8 Å². The van der Waals surface area contributed by atoms with Crippen molar-refractivity contribution in [1.82, 2.24) is 4.98 Å². The SMILES string of the molecule is COc1ccc2nc(C3=N[C@@H](C(=O)[OH2+])CS3)sc2c1. The van der Waals surface area contributed by atoms with Crippen molar-refractivity contribution in [3.05, 3.63) is 23.2 Å². The van der Waals surface area contributed by atoms with Gasteiger partial charge in [0.05, 0.1) is 17.3 Å². The molecule has 0 amide bonds. The molecule has 1 aromatic heterocycles. The lowest BCUT2D eigenvalue weighted by Crippen LogP contribution is -2.17. The highest BCUT2D eigenvalue weighted by Crippen LogP contribution is 2.31. The van der Waals surface area contributed by atoms with Crippen LogP contribution in [0, 0.1) is 0 Å². The van der Waals surface area contributed by atoms with Crippen LogP contribution in [0.4, 0.5) is 0 Å². The van der Waals surface area contributed by atoms with Gasteiger partial charge >= 0.3 is 5.97 Å². The molecule has 2 heterocycles. The molecule has 3 rings (SSSR count). The maximum atomic E-state index is 11.0. The summed E-state index contributed by atoms with van der Waals surface area (Å²) < 4.78 is 6.21. The van der Waals surface area contributed by atoms with E-state index in [9.17, 15) is 4.79 Å². The van der Waals surface area contributed by atoms with Crippen LogP contribution >= 0.6 is 23.1 Å². The Balaban J connectivity index is 1.98. The minimum Gasteiger partial charge on any atom is -0.563 e. The molecule has 0 unspecified atom stereocenters. The number of carbonyl (C=O) groups is 1. The van der Waals surface area contributed by atoms with Gasteiger partial charge in [-0.25, -0.2) is 4.98 Å². The summed E-state index contributed by atoms with van der Waals surface area (Å²) in [5.41, 5.74) is 0.893. The third-order valence-corrected chi connectivity index (χ3v) is 4.94. The van der Waals surface area contributed by atoms with Gasteiger partial charge in [-0.2, -0.15) is 0 Å². The summed E-state index contributed by atoms with van der Waals surface area (Å²) in [6, 6.07) is 5.16. The maximum absolute atomic E-state index is 11.0. The van der Waals surface area contributed by atoms with Crippen molar-refractivity contribution in [2.24, 2.45) is 4.99 Å². The normalized spacial score (nSPS) is 18.6. The maximum Gasteiger partial charge on any atom is 0.541 e. The first-order chi connectivity index (χ1) is 9.17. The van der Waals surface area contributed by atoms with E-state index < -0.39 is 12.0 Å². The van der Waals surface area contributed by atoms with Gasteiger partial charge in [-0.1, -0.05) is 0 Å². The number of carbonyl (C=O) groups excluding carboxylic acids is 1. The van der Waals surface area contributed by atoms with Crippen molar-refractivity contribution in [3.63, 3.8) is 0 Å². The summed E-state index contributed by atoms with van der Waals surface area (Å²) in [4.78, 5) is 19.7. The molecular formula is C12H11N2O3S2+. The predicted octanol–water partition coefficient (Wildman–Crippen LogP) is 1.42. The van der Waals surface area contributed by atoms with Gasteiger partial charge in [0.15, 0.2) is 0 Å². The van der Waals surface area contributed by atoms with Crippen LogP contribution in [0.3, 0.4) is 0 Å². The van der Waals surface area contributed by atoms with Crippen molar-refractivity contribution in [3.8, 4) is 5.75 Å². The van der Waals surface area contributed by atoms with Gasteiger partial charge in [0.2, 0.25) is 6.04 Å². The Hall–Kier alpha value is -1.60. The van der Waals surface area contributed by atoms with Crippen LogP contribution < -0.4 is 4.74 Å². The standard InChI is InChI=1S/C12H10N2O3S2/c1-17-6-2-3-7-9(4-6)19-11(13-7)10-14-8(5-18-10)12(15)16/h2-4,8H,5H2,1H3,(H,15,16)/p+1/t8-/m1/s1. The zero-order valence-electron chi connectivity index (χ0n) is 10.0. The van der Waals surface area contributed by atoms with Gasteiger partial charge in [0.25, 0.3) is 0 Å². The predicted molar refractivity (Wildman–Crippen MR) is 77.6 cm³/mol. The Morgan fingerprint density at radius 3 is 3.05 bits per heavy atom. The number of ether oxygens (including phenoxy) is 1. The Morgan fingerprint density at radius 1 is 1.53 bits per heavy atom. The minimum absolute atomic E-state index is 0.539. The van der Waals surface area contributed by atoms with Crippen LogP contribution in [0.5, 0.6) is 5.75 Å². The number of aromatic nitrogens is 1. The average molecular weight is 295 g/mol. The van der Waals surface area contributed by atoms with Crippen molar-refractivity contribution in [1.29, 1.82) is 0 Å². The molecule has 0 radical (unpaired) electrons. The molecule has 1 atom stereocenters. The summed E-state index contributed by atoms with van der Waals surface area (Å²) in [5, 5.41) is 8.65. The summed E-state index contributed by atoms with van der Waals surface area (Å²) in [6.45, 7) is 0. The number of fused-ring (bicyclic) bond motifs is 1. The number of hydrogen-bond donors (Lipinski definition) is 0. The van der Waals surface area contributed by atoms with Crippen LogP contribution in [0.25, 0.3) is 10.2 Å². The van der Waals surface area contributed by atoms with E-state index in [-0.39, 0.29) is 0 Å². The lowest BCUT2D eigenvalue weighted by atomic mass is 10.3. The molecule has 0 fully saturated rings. The zero-order valence-corrected chi connectivity index (χ0v) is 11.7. The van der Waals surface area contributed by atoms with Crippen LogP contribution in [-0.2, 0) is 4.79 Å². The molecule has 1 aliphatic rings. The van der Waals surface area contributed by atoms with E-state index in [1.54, 1.807) is 7.11 Å². The second-order valence-electron chi connectivity index (χ2n) is 3.98. The van der Waals surface area contributed by atoms with Crippen LogP contribution in [-0.4, -0.2) is 40.0 Å². The molecule has 1 aromatic carbocycles. The first-order valence-corrected chi connectivity index (χ1v) is 7.38. The number of nitrogens with zero attached hydrogens (tertiary/aromatic N) is 2. The fourth-order valence-electron chi connectivity index (χ4n) is 1.75. The third-order valence-electron chi connectivity index (χ3n) is 2.73. The van der Waals surface area contributed by atoms with Crippen LogP contribution in [0.1, 0.15) is 5.01 Å². The Kier molecular flexibility index (Phi) is 3.16. The minimum atomic E-state index is -0.634. The number of thiazole rings is 1. The van der Waals surface area contributed by atoms with E-state index in [4.69, 9.17) is 9.84 Å². The van der Waals surface area contributed by atoms with E-state index >= 15 is 0 Å². The number of aliphatic imine (C=N–C) groups is 1. The molecule has 7 heteroatoms. The molecular weight excluding hydrogens is 284 g/mol. The molecule has 0 saturated heterocycles. The number of thioether (sulfide) groups is 1. The van der Waals surface area contributed by atoms with Gasteiger partial charge in [-0.15, -0.1) is 23.1 Å². The number of rotatable bonds is 3. The molecule has 2 aromatic rings. The summed E-state index contributed by atoms with van der Waals surface area (Å²) in [5.74, 6) is 0.699. The smallest absolute Gasteiger partial charge is 0.541 e. The Morgan fingerprint density at radius 2 is 2.37 bits per heavy atom. The second kappa shape index (κ2) is 4.82. The molecule has 0 saturated carbocycles. The molecule has 0 bridgehead atoms. The van der Waals surface area contributed by atoms with Gasteiger partial charge < -0.3 is 9.84 Å². The van der Waals surface area contributed by atoms with E-state index in [0.29, 0.717) is 5.75 Å². The van der Waals surface area contributed by atoms with E-state index in [1.165, 1.54) is 23.1 Å².